The molecule has 0 aliphatic heterocycles. The molecule has 2 rings (SSSR count). The van der Waals surface area contributed by atoms with Gasteiger partial charge in [0.25, 0.3) is 5.91 Å². The summed E-state index contributed by atoms with van der Waals surface area (Å²) in [5.74, 6) is -1.33. The Balaban J connectivity index is 1.91. The van der Waals surface area contributed by atoms with Crippen molar-refractivity contribution >= 4 is 22.7 Å². The number of hydrogen-bond acceptors (Lipinski definition) is 4. The van der Waals surface area contributed by atoms with E-state index >= 15 is 0 Å². The third kappa shape index (κ3) is 5.22. The number of ether oxygens (including phenoxy) is 1. The number of esters is 1. The fourth-order valence-electron chi connectivity index (χ4n) is 2.08. The second-order valence-corrected chi connectivity index (χ2v) is 6.78. The molecule has 5 nitrogen and oxygen atoms in total. The van der Waals surface area contributed by atoms with Crippen molar-refractivity contribution in [2.45, 2.75) is 18.4 Å². The zero-order valence-corrected chi connectivity index (χ0v) is 14.5. The van der Waals surface area contributed by atoms with Crippen LogP contribution in [0, 0.1) is 5.82 Å². The van der Waals surface area contributed by atoms with E-state index in [1.807, 2.05) is 0 Å². The second-order valence-electron chi connectivity index (χ2n) is 5.07. The van der Waals surface area contributed by atoms with Crippen molar-refractivity contribution in [2.75, 3.05) is 12.4 Å². The Morgan fingerprint density at radius 3 is 2.52 bits per heavy atom. The van der Waals surface area contributed by atoms with E-state index < -0.39 is 35.1 Å². The molecule has 25 heavy (non-hydrogen) atoms. The van der Waals surface area contributed by atoms with Crippen molar-refractivity contribution in [3.05, 3.63) is 65.5 Å². The predicted octanol–water partition coefficient (Wildman–Crippen LogP) is 2.43. The first-order valence-electron chi connectivity index (χ1n) is 7.67. The molecule has 0 saturated carbocycles. The molecule has 0 spiro atoms. The number of benzene rings is 2. The minimum atomic E-state index is -1.31. The Kier molecular flexibility index (Phi) is 6.82. The summed E-state index contributed by atoms with van der Waals surface area (Å²) in [5, 5.41) is 2.48. The number of hydrogen-bond donors (Lipinski definition) is 1. The van der Waals surface area contributed by atoms with E-state index in [-0.39, 0.29) is 12.1 Å². The highest BCUT2D eigenvalue weighted by Crippen LogP contribution is 2.15. The van der Waals surface area contributed by atoms with Crippen molar-refractivity contribution < 1.29 is 22.9 Å². The first kappa shape index (κ1) is 18.8. The number of carbonyl (C=O) groups is 2. The SMILES string of the molecule is CCS(=O)c1ccccc1C(=O)OCC(=O)NCc1ccccc1F. The van der Waals surface area contributed by atoms with Crippen molar-refractivity contribution in [3.8, 4) is 0 Å². The van der Waals surface area contributed by atoms with Crippen LogP contribution in [0.3, 0.4) is 0 Å². The van der Waals surface area contributed by atoms with Gasteiger partial charge in [-0.15, -0.1) is 0 Å². The predicted molar refractivity (Wildman–Crippen MR) is 91.9 cm³/mol. The molecule has 2 aromatic carbocycles. The molecule has 132 valence electrons. The number of nitrogens with one attached hydrogen (secondary N) is 1. The summed E-state index contributed by atoms with van der Waals surface area (Å²) >= 11 is 0. The molecule has 1 N–H and O–H groups in total. The second kappa shape index (κ2) is 9.08. The molecule has 1 unspecified atom stereocenters. The number of amides is 1. The van der Waals surface area contributed by atoms with E-state index in [1.165, 1.54) is 12.1 Å². The third-order valence-corrected chi connectivity index (χ3v) is 4.75. The Morgan fingerprint density at radius 2 is 1.80 bits per heavy atom. The van der Waals surface area contributed by atoms with Crippen molar-refractivity contribution in [2.24, 2.45) is 0 Å². The van der Waals surface area contributed by atoms with Crippen LogP contribution in [0.5, 0.6) is 0 Å². The van der Waals surface area contributed by atoms with Gasteiger partial charge in [-0.3, -0.25) is 9.00 Å². The highest BCUT2D eigenvalue weighted by molar-refractivity contribution is 7.85. The van der Waals surface area contributed by atoms with E-state index in [1.54, 1.807) is 43.3 Å². The van der Waals surface area contributed by atoms with Crippen molar-refractivity contribution in [1.29, 1.82) is 0 Å². The van der Waals surface area contributed by atoms with E-state index in [0.717, 1.165) is 0 Å². The van der Waals surface area contributed by atoms with E-state index in [2.05, 4.69) is 5.32 Å². The van der Waals surface area contributed by atoms with Crippen LogP contribution >= 0.6 is 0 Å². The maximum Gasteiger partial charge on any atom is 0.339 e. The molecule has 0 aromatic heterocycles. The zero-order chi connectivity index (χ0) is 18.2. The van der Waals surface area contributed by atoms with Gasteiger partial charge in [-0.2, -0.15) is 0 Å². The van der Waals surface area contributed by atoms with E-state index in [0.29, 0.717) is 16.2 Å². The van der Waals surface area contributed by atoms with Crippen LogP contribution in [0.2, 0.25) is 0 Å². The van der Waals surface area contributed by atoms with Gasteiger partial charge in [0.2, 0.25) is 0 Å². The smallest absolute Gasteiger partial charge is 0.339 e. The fourth-order valence-corrected chi connectivity index (χ4v) is 3.02. The van der Waals surface area contributed by atoms with Gasteiger partial charge in [0.05, 0.1) is 21.3 Å². The molecule has 1 atom stereocenters. The molecule has 0 aliphatic carbocycles. The topological polar surface area (TPSA) is 72.5 Å². The lowest BCUT2D eigenvalue weighted by molar-refractivity contribution is -0.124. The largest absolute Gasteiger partial charge is 0.452 e. The normalized spacial score (nSPS) is 11.6. The van der Waals surface area contributed by atoms with Crippen LogP contribution in [-0.2, 0) is 26.9 Å². The molecule has 0 fully saturated rings. The average Bonchev–Trinajstić information content (AvgIpc) is 2.64. The van der Waals surface area contributed by atoms with Gasteiger partial charge in [0.15, 0.2) is 6.61 Å². The lowest BCUT2D eigenvalue weighted by Gasteiger charge is -2.09. The number of rotatable bonds is 7. The summed E-state index contributed by atoms with van der Waals surface area (Å²) in [6, 6.07) is 12.5. The number of halogens is 1. The minimum Gasteiger partial charge on any atom is -0.452 e. The van der Waals surface area contributed by atoms with Gasteiger partial charge in [0, 0.05) is 17.9 Å². The molecule has 0 saturated heterocycles. The molecule has 0 heterocycles. The summed E-state index contributed by atoms with van der Waals surface area (Å²) in [6.07, 6.45) is 0. The monoisotopic (exact) mass is 363 g/mol. The minimum absolute atomic E-state index is 0.000500. The Hall–Kier alpha value is -2.54. The zero-order valence-electron chi connectivity index (χ0n) is 13.7. The Bertz CT molecular complexity index is 794. The van der Waals surface area contributed by atoms with Crippen molar-refractivity contribution in [3.63, 3.8) is 0 Å². The van der Waals surface area contributed by atoms with Crippen molar-refractivity contribution in [1.82, 2.24) is 5.32 Å². The van der Waals surface area contributed by atoms with E-state index in [9.17, 15) is 18.2 Å². The molecule has 7 heteroatoms. The van der Waals surface area contributed by atoms with Crippen LogP contribution in [-0.4, -0.2) is 28.4 Å². The lowest BCUT2D eigenvalue weighted by Crippen LogP contribution is -2.28. The van der Waals surface area contributed by atoms with Gasteiger partial charge in [0.1, 0.15) is 5.82 Å². The van der Waals surface area contributed by atoms with Gasteiger partial charge >= 0.3 is 5.97 Å². The summed E-state index contributed by atoms with van der Waals surface area (Å²) < 4.78 is 30.4. The highest BCUT2D eigenvalue weighted by atomic mass is 32.2. The standard InChI is InChI=1S/C18H18FNO4S/c1-2-25(23)16-10-6-4-8-14(16)18(22)24-12-17(21)20-11-13-7-3-5-9-15(13)19/h3-10H,2,11-12H2,1H3,(H,20,21). The molecular weight excluding hydrogens is 345 g/mol. The maximum atomic E-state index is 13.5. The Labute approximate surface area is 147 Å². The van der Waals surface area contributed by atoms with Crippen LogP contribution < -0.4 is 5.32 Å². The summed E-state index contributed by atoms with van der Waals surface area (Å²) in [4.78, 5) is 24.3. The average molecular weight is 363 g/mol. The van der Waals surface area contributed by atoms with Gasteiger partial charge < -0.3 is 10.1 Å². The maximum absolute atomic E-state index is 13.5. The molecule has 1 amide bonds. The van der Waals surface area contributed by atoms with Gasteiger partial charge in [-0.25, -0.2) is 9.18 Å². The third-order valence-electron chi connectivity index (χ3n) is 3.38. The first-order chi connectivity index (χ1) is 12.0. The number of carbonyl (C=O) groups excluding carboxylic acids is 2. The van der Waals surface area contributed by atoms with Gasteiger partial charge in [-0.05, 0) is 18.2 Å². The van der Waals surface area contributed by atoms with Gasteiger partial charge in [-0.1, -0.05) is 37.3 Å². The molecule has 0 radical (unpaired) electrons. The van der Waals surface area contributed by atoms with Crippen LogP contribution in [0.25, 0.3) is 0 Å². The molecule has 0 aliphatic rings. The highest BCUT2D eigenvalue weighted by Gasteiger charge is 2.17. The molecular formula is C18H18FNO4S. The summed E-state index contributed by atoms with van der Waals surface area (Å²) in [6.45, 7) is 1.24. The fraction of sp³-hybridized carbons (Fsp3) is 0.222. The lowest BCUT2D eigenvalue weighted by atomic mass is 10.2. The van der Waals surface area contributed by atoms with Crippen LogP contribution in [0.15, 0.2) is 53.4 Å². The Morgan fingerprint density at radius 1 is 1.12 bits per heavy atom. The first-order valence-corrected chi connectivity index (χ1v) is 8.99. The summed E-state index contributed by atoms with van der Waals surface area (Å²) in [7, 11) is -1.31. The van der Waals surface area contributed by atoms with E-state index in [4.69, 9.17) is 4.74 Å². The molecule has 2 aromatic rings. The molecule has 0 bridgehead atoms. The van der Waals surface area contributed by atoms with Crippen LogP contribution in [0.4, 0.5) is 4.39 Å². The quantitative estimate of drug-likeness (QED) is 0.767. The summed E-state index contributed by atoms with van der Waals surface area (Å²) in [5.41, 5.74) is 0.510. The van der Waals surface area contributed by atoms with Crippen LogP contribution in [0.1, 0.15) is 22.8 Å².